The van der Waals surface area contributed by atoms with E-state index in [-0.39, 0.29) is 12.5 Å². The first-order chi connectivity index (χ1) is 11.9. The summed E-state index contributed by atoms with van der Waals surface area (Å²) in [5, 5.41) is 5.38. The molecule has 128 valence electrons. The summed E-state index contributed by atoms with van der Waals surface area (Å²) in [5.74, 6) is -0.668. The van der Waals surface area contributed by atoms with Crippen molar-refractivity contribution in [2.45, 2.75) is 0 Å². The highest BCUT2D eigenvalue weighted by atomic mass is 35.5. The SMILES string of the molecule is O=C(CN1C(=O)/C(=C/c2cccs2)SC1=S)Nc1ccc(Cl)cc1Cl. The van der Waals surface area contributed by atoms with E-state index < -0.39 is 5.91 Å². The molecule has 0 spiro atoms. The topological polar surface area (TPSA) is 49.4 Å². The summed E-state index contributed by atoms with van der Waals surface area (Å²) in [6, 6.07) is 8.56. The third kappa shape index (κ3) is 4.43. The van der Waals surface area contributed by atoms with Crippen molar-refractivity contribution in [1.29, 1.82) is 0 Å². The number of nitrogens with one attached hydrogen (secondary N) is 1. The van der Waals surface area contributed by atoms with Crippen molar-refractivity contribution in [2.24, 2.45) is 0 Å². The Morgan fingerprint density at radius 2 is 2.12 bits per heavy atom. The van der Waals surface area contributed by atoms with Crippen molar-refractivity contribution in [2.75, 3.05) is 11.9 Å². The number of nitrogens with zero attached hydrogens (tertiary/aromatic N) is 1. The van der Waals surface area contributed by atoms with Crippen LogP contribution in [0.1, 0.15) is 4.88 Å². The molecule has 1 saturated heterocycles. The molecule has 4 nitrogen and oxygen atoms in total. The fraction of sp³-hybridized carbons (Fsp3) is 0.0625. The van der Waals surface area contributed by atoms with Gasteiger partial charge in [-0.05, 0) is 35.7 Å². The molecule has 0 aliphatic carbocycles. The Balaban J connectivity index is 1.69. The number of hydrogen-bond acceptors (Lipinski definition) is 5. The van der Waals surface area contributed by atoms with Crippen molar-refractivity contribution in [1.82, 2.24) is 4.90 Å². The maximum absolute atomic E-state index is 12.5. The van der Waals surface area contributed by atoms with Crippen LogP contribution in [0.4, 0.5) is 5.69 Å². The third-order valence-corrected chi connectivity index (χ3v) is 5.94. The van der Waals surface area contributed by atoms with Crippen LogP contribution in [-0.2, 0) is 9.59 Å². The Morgan fingerprint density at radius 3 is 2.80 bits per heavy atom. The molecule has 0 unspecified atom stereocenters. The van der Waals surface area contributed by atoms with Crippen LogP contribution in [-0.4, -0.2) is 27.6 Å². The van der Waals surface area contributed by atoms with Crippen LogP contribution in [0.2, 0.25) is 10.0 Å². The van der Waals surface area contributed by atoms with Gasteiger partial charge < -0.3 is 5.32 Å². The molecule has 1 aromatic heterocycles. The number of carbonyl (C=O) groups excluding carboxylic acids is 2. The van der Waals surface area contributed by atoms with E-state index in [9.17, 15) is 9.59 Å². The lowest BCUT2D eigenvalue weighted by Crippen LogP contribution is -2.36. The number of thiocarbonyl (C=S) groups is 1. The molecule has 25 heavy (non-hydrogen) atoms. The Bertz CT molecular complexity index is 882. The van der Waals surface area contributed by atoms with Crippen molar-refractivity contribution in [3.8, 4) is 0 Å². The van der Waals surface area contributed by atoms with Gasteiger partial charge in [-0.3, -0.25) is 14.5 Å². The van der Waals surface area contributed by atoms with Crippen LogP contribution in [0.5, 0.6) is 0 Å². The fourth-order valence-electron chi connectivity index (χ4n) is 2.06. The monoisotopic (exact) mass is 428 g/mol. The van der Waals surface area contributed by atoms with E-state index in [2.05, 4.69) is 5.32 Å². The van der Waals surface area contributed by atoms with Crippen molar-refractivity contribution in [3.05, 3.63) is 55.5 Å². The standard InChI is InChI=1S/C16H10Cl2N2O2S3/c17-9-3-4-12(11(18)6-9)19-14(21)8-20-15(22)13(25-16(20)23)7-10-2-1-5-24-10/h1-7H,8H2,(H,19,21)/b13-7-. The van der Waals surface area contributed by atoms with E-state index in [4.69, 9.17) is 35.4 Å². The normalized spacial score (nSPS) is 15.9. The number of carbonyl (C=O) groups is 2. The Hall–Kier alpha value is -1.38. The van der Waals surface area contributed by atoms with Gasteiger partial charge >= 0.3 is 0 Å². The van der Waals surface area contributed by atoms with E-state index in [0.717, 1.165) is 4.88 Å². The number of thiophene rings is 1. The van der Waals surface area contributed by atoms with Crippen molar-refractivity contribution in [3.63, 3.8) is 0 Å². The first kappa shape index (κ1) is 18.4. The van der Waals surface area contributed by atoms with Gasteiger partial charge in [0.15, 0.2) is 0 Å². The highest BCUT2D eigenvalue weighted by Gasteiger charge is 2.33. The first-order valence-electron chi connectivity index (χ1n) is 6.98. The Morgan fingerprint density at radius 1 is 1.32 bits per heavy atom. The summed E-state index contributed by atoms with van der Waals surface area (Å²) in [5.41, 5.74) is 0.427. The zero-order valence-electron chi connectivity index (χ0n) is 12.5. The summed E-state index contributed by atoms with van der Waals surface area (Å²) in [6.07, 6.45) is 1.78. The van der Waals surface area contributed by atoms with Gasteiger partial charge in [-0.15, -0.1) is 11.3 Å². The molecular weight excluding hydrogens is 419 g/mol. The van der Waals surface area contributed by atoms with Gasteiger partial charge in [0.2, 0.25) is 5.91 Å². The van der Waals surface area contributed by atoms with Gasteiger partial charge in [0.1, 0.15) is 10.9 Å². The quantitative estimate of drug-likeness (QED) is 0.555. The van der Waals surface area contributed by atoms with Crippen LogP contribution in [0.15, 0.2) is 40.6 Å². The summed E-state index contributed by atoms with van der Waals surface area (Å²) >= 11 is 19.8. The second-order valence-corrected chi connectivity index (χ2v) is 8.45. The predicted molar refractivity (Wildman–Crippen MR) is 109 cm³/mol. The number of thioether (sulfide) groups is 1. The smallest absolute Gasteiger partial charge is 0.266 e. The maximum atomic E-state index is 12.5. The van der Waals surface area contributed by atoms with Gasteiger partial charge in [-0.2, -0.15) is 0 Å². The summed E-state index contributed by atoms with van der Waals surface area (Å²) < 4.78 is 0.352. The molecule has 0 radical (unpaired) electrons. The van der Waals surface area contributed by atoms with Crippen molar-refractivity contribution < 1.29 is 9.59 Å². The molecule has 1 fully saturated rings. The number of anilines is 1. The number of halogens is 2. The summed E-state index contributed by atoms with van der Waals surface area (Å²) in [4.78, 5) is 27.4. The van der Waals surface area contributed by atoms with E-state index >= 15 is 0 Å². The molecule has 2 amide bonds. The number of amides is 2. The zero-order valence-corrected chi connectivity index (χ0v) is 16.5. The minimum absolute atomic E-state index is 0.175. The largest absolute Gasteiger partial charge is 0.323 e. The van der Waals surface area contributed by atoms with Gasteiger partial charge in [0.25, 0.3) is 5.91 Å². The molecule has 1 N–H and O–H groups in total. The predicted octanol–water partition coefficient (Wildman–Crippen LogP) is 4.89. The molecule has 1 aliphatic rings. The fourth-order valence-corrected chi connectivity index (χ4v) is 4.50. The Labute approximate surface area is 167 Å². The molecule has 0 atom stereocenters. The molecule has 0 saturated carbocycles. The van der Waals surface area contributed by atoms with Gasteiger partial charge in [-0.25, -0.2) is 0 Å². The van der Waals surface area contributed by atoms with Crippen LogP contribution in [0.3, 0.4) is 0 Å². The van der Waals surface area contributed by atoms with E-state index in [0.29, 0.717) is 25.0 Å². The van der Waals surface area contributed by atoms with Crippen LogP contribution in [0.25, 0.3) is 6.08 Å². The van der Waals surface area contributed by atoms with Gasteiger partial charge in [0, 0.05) is 9.90 Å². The minimum Gasteiger partial charge on any atom is -0.323 e. The molecule has 2 heterocycles. The van der Waals surface area contributed by atoms with E-state index in [1.54, 1.807) is 18.2 Å². The van der Waals surface area contributed by atoms with Gasteiger partial charge in [0.05, 0.1) is 15.6 Å². The molecule has 2 aromatic rings. The zero-order chi connectivity index (χ0) is 18.0. The molecular formula is C16H10Cl2N2O2S3. The average Bonchev–Trinajstić information content (AvgIpc) is 3.15. The number of benzene rings is 1. The van der Waals surface area contributed by atoms with Gasteiger partial charge in [-0.1, -0.05) is 53.2 Å². The molecule has 9 heteroatoms. The summed E-state index contributed by atoms with van der Waals surface area (Å²) in [6.45, 7) is -0.175. The second kappa shape index (κ2) is 7.88. The van der Waals surface area contributed by atoms with E-state index in [1.807, 2.05) is 17.5 Å². The van der Waals surface area contributed by atoms with Crippen LogP contribution in [0, 0.1) is 0 Å². The maximum Gasteiger partial charge on any atom is 0.266 e. The lowest BCUT2D eigenvalue weighted by Gasteiger charge is -2.14. The first-order valence-corrected chi connectivity index (χ1v) is 9.84. The number of rotatable bonds is 4. The second-order valence-electron chi connectivity index (χ2n) is 4.96. The van der Waals surface area contributed by atoms with Crippen LogP contribution >= 0.6 is 58.5 Å². The van der Waals surface area contributed by atoms with E-state index in [1.165, 1.54) is 34.1 Å². The highest BCUT2D eigenvalue weighted by molar-refractivity contribution is 8.26. The Kier molecular flexibility index (Phi) is 5.81. The molecule has 1 aromatic carbocycles. The van der Waals surface area contributed by atoms with Crippen molar-refractivity contribution >= 4 is 86.4 Å². The lowest BCUT2D eigenvalue weighted by atomic mass is 10.3. The summed E-state index contributed by atoms with van der Waals surface area (Å²) in [7, 11) is 0. The molecule has 1 aliphatic heterocycles. The molecule has 0 bridgehead atoms. The number of hydrogen-bond donors (Lipinski definition) is 1. The average molecular weight is 429 g/mol. The molecule has 3 rings (SSSR count). The minimum atomic E-state index is -0.391. The highest BCUT2D eigenvalue weighted by Crippen LogP contribution is 2.33. The third-order valence-electron chi connectivity index (χ3n) is 3.20. The van der Waals surface area contributed by atoms with Crippen LogP contribution < -0.4 is 5.32 Å². The lowest BCUT2D eigenvalue weighted by molar-refractivity contribution is -0.126.